The van der Waals surface area contributed by atoms with E-state index in [4.69, 9.17) is 4.74 Å². The first-order valence-electron chi connectivity index (χ1n) is 4.88. The van der Waals surface area contributed by atoms with E-state index in [0.29, 0.717) is 0 Å². The molecule has 0 heterocycles. The summed E-state index contributed by atoms with van der Waals surface area (Å²) in [4.78, 5) is 11.5. The predicted molar refractivity (Wildman–Crippen MR) is 59.0 cm³/mol. The molecule has 0 radical (unpaired) electrons. The van der Waals surface area contributed by atoms with Crippen molar-refractivity contribution in [1.82, 2.24) is 0 Å². The van der Waals surface area contributed by atoms with Crippen LogP contribution < -0.4 is 0 Å². The van der Waals surface area contributed by atoms with Crippen molar-refractivity contribution in [3.63, 3.8) is 0 Å². The molecular formula is C12H20O2. The standard InChI is InChI=1S/C12H20O2/c1-6-8-10(9-7-2)14-11(13)12(3,4)5/h6-10H,1-5H3/b8-6+,9-7+. The zero-order valence-corrected chi connectivity index (χ0v) is 9.70. The van der Waals surface area contributed by atoms with Gasteiger partial charge in [-0.3, -0.25) is 4.79 Å². The third-order valence-electron chi connectivity index (χ3n) is 1.62. The lowest BCUT2D eigenvalue weighted by Crippen LogP contribution is -2.26. The van der Waals surface area contributed by atoms with E-state index < -0.39 is 5.41 Å². The van der Waals surface area contributed by atoms with Gasteiger partial charge < -0.3 is 4.74 Å². The summed E-state index contributed by atoms with van der Waals surface area (Å²) in [5.74, 6) is -0.182. The van der Waals surface area contributed by atoms with Gasteiger partial charge in [-0.1, -0.05) is 12.2 Å². The van der Waals surface area contributed by atoms with Crippen LogP contribution in [0.25, 0.3) is 0 Å². The van der Waals surface area contributed by atoms with Gasteiger partial charge >= 0.3 is 5.97 Å². The molecule has 0 N–H and O–H groups in total. The topological polar surface area (TPSA) is 26.3 Å². The highest BCUT2D eigenvalue weighted by Gasteiger charge is 2.24. The maximum Gasteiger partial charge on any atom is 0.312 e. The molecule has 0 aliphatic carbocycles. The van der Waals surface area contributed by atoms with Crippen LogP contribution in [0.4, 0.5) is 0 Å². The van der Waals surface area contributed by atoms with Gasteiger partial charge in [-0.15, -0.1) is 0 Å². The zero-order valence-electron chi connectivity index (χ0n) is 9.70. The molecule has 0 saturated carbocycles. The Labute approximate surface area is 86.6 Å². The summed E-state index contributed by atoms with van der Waals surface area (Å²) in [6.07, 6.45) is 7.21. The number of allylic oxidation sites excluding steroid dienone is 2. The fraction of sp³-hybridized carbons (Fsp3) is 0.583. The van der Waals surface area contributed by atoms with E-state index in [1.54, 1.807) is 0 Å². The average Bonchev–Trinajstić information content (AvgIpc) is 2.03. The second kappa shape index (κ2) is 5.63. The molecule has 2 nitrogen and oxygen atoms in total. The van der Waals surface area contributed by atoms with E-state index in [0.717, 1.165) is 0 Å². The fourth-order valence-corrected chi connectivity index (χ4v) is 0.822. The van der Waals surface area contributed by atoms with Crippen LogP contribution in [0.2, 0.25) is 0 Å². The average molecular weight is 196 g/mol. The number of hydrogen-bond acceptors (Lipinski definition) is 2. The number of rotatable bonds is 3. The molecule has 0 fully saturated rings. The van der Waals surface area contributed by atoms with Gasteiger partial charge in [0, 0.05) is 0 Å². The van der Waals surface area contributed by atoms with Crippen LogP contribution in [0.5, 0.6) is 0 Å². The van der Waals surface area contributed by atoms with Crippen molar-refractivity contribution in [2.24, 2.45) is 5.41 Å². The summed E-state index contributed by atoms with van der Waals surface area (Å²) in [5, 5.41) is 0. The fourth-order valence-electron chi connectivity index (χ4n) is 0.822. The van der Waals surface area contributed by atoms with Gasteiger partial charge in [0.05, 0.1) is 5.41 Å². The number of esters is 1. The normalized spacial score (nSPS) is 13.0. The second-order valence-corrected chi connectivity index (χ2v) is 4.17. The molecule has 2 heteroatoms. The summed E-state index contributed by atoms with van der Waals surface area (Å²) < 4.78 is 5.28. The van der Waals surface area contributed by atoms with E-state index in [2.05, 4.69) is 0 Å². The van der Waals surface area contributed by atoms with Gasteiger partial charge in [0.25, 0.3) is 0 Å². The Morgan fingerprint density at radius 1 is 1.14 bits per heavy atom. The first-order chi connectivity index (χ1) is 6.41. The Morgan fingerprint density at radius 2 is 1.57 bits per heavy atom. The maximum atomic E-state index is 11.5. The van der Waals surface area contributed by atoms with Gasteiger partial charge in [-0.25, -0.2) is 0 Å². The highest BCUT2D eigenvalue weighted by atomic mass is 16.5. The Morgan fingerprint density at radius 3 is 1.86 bits per heavy atom. The first-order valence-corrected chi connectivity index (χ1v) is 4.88. The van der Waals surface area contributed by atoms with Gasteiger partial charge in [0.2, 0.25) is 0 Å². The largest absolute Gasteiger partial charge is 0.453 e. The lowest BCUT2D eigenvalue weighted by atomic mass is 9.97. The molecule has 0 amide bonds. The number of carbonyl (C=O) groups is 1. The molecular weight excluding hydrogens is 176 g/mol. The predicted octanol–water partition coefficient (Wildman–Crippen LogP) is 3.10. The Bertz CT molecular complexity index is 219. The molecule has 0 atom stereocenters. The second-order valence-electron chi connectivity index (χ2n) is 4.17. The van der Waals surface area contributed by atoms with Crippen LogP contribution >= 0.6 is 0 Å². The molecule has 0 aromatic rings. The Kier molecular flexibility index (Phi) is 5.21. The minimum absolute atomic E-state index is 0.182. The molecule has 0 aromatic carbocycles. The van der Waals surface area contributed by atoms with Crippen LogP contribution in [-0.2, 0) is 9.53 Å². The molecule has 0 aromatic heterocycles. The van der Waals surface area contributed by atoms with E-state index in [1.807, 2.05) is 58.9 Å². The molecule has 0 unspecified atom stereocenters. The van der Waals surface area contributed by atoms with Crippen LogP contribution in [0, 0.1) is 5.41 Å². The smallest absolute Gasteiger partial charge is 0.312 e. The number of ether oxygens (including phenoxy) is 1. The van der Waals surface area contributed by atoms with Crippen molar-refractivity contribution < 1.29 is 9.53 Å². The zero-order chi connectivity index (χ0) is 11.2. The Balaban J connectivity index is 4.38. The lowest BCUT2D eigenvalue weighted by molar-refractivity contribution is -0.154. The van der Waals surface area contributed by atoms with Crippen LogP contribution in [0.3, 0.4) is 0 Å². The molecule has 14 heavy (non-hydrogen) atoms. The van der Waals surface area contributed by atoms with E-state index in [1.165, 1.54) is 0 Å². The van der Waals surface area contributed by atoms with Crippen LogP contribution in [-0.4, -0.2) is 12.1 Å². The lowest BCUT2D eigenvalue weighted by Gasteiger charge is -2.19. The van der Waals surface area contributed by atoms with Crippen molar-refractivity contribution in [1.29, 1.82) is 0 Å². The van der Waals surface area contributed by atoms with Crippen molar-refractivity contribution >= 4 is 5.97 Å². The quantitative estimate of drug-likeness (QED) is 0.512. The van der Waals surface area contributed by atoms with Crippen LogP contribution in [0.15, 0.2) is 24.3 Å². The highest BCUT2D eigenvalue weighted by Crippen LogP contribution is 2.17. The van der Waals surface area contributed by atoms with Crippen LogP contribution in [0.1, 0.15) is 34.6 Å². The van der Waals surface area contributed by atoms with Crippen molar-refractivity contribution in [3.05, 3.63) is 24.3 Å². The molecule has 0 spiro atoms. The summed E-state index contributed by atoms with van der Waals surface area (Å²) in [6.45, 7) is 9.34. The molecule has 80 valence electrons. The van der Waals surface area contributed by atoms with Gasteiger partial charge in [0.15, 0.2) is 0 Å². The third-order valence-corrected chi connectivity index (χ3v) is 1.62. The summed E-state index contributed by atoms with van der Waals surface area (Å²) in [6, 6.07) is 0. The monoisotopic (exact) mass is 196 g/mol. The number of carbonyl (C=O) groups excluding carboxylic acids is 1. The molecule has 0 saturated heterocycles. The van der Waals surface area contributed by atoms with E-state index in [-0.39, 0.29) is 12.1 Å². The van der Waals surface area contributed by atoms with Gasteiger partial charge in [0.1, 0.15) is 6.10 Å². The van der Waals surface area contributed by atoms with E-state index in [9.17, 15) is 4.79 Å². The van der Waals surface area contributed by atoms with Gasteiger partial charge in [-0.2, -0.15) is 0 Å². The summed E-state index contributed by atoms with van der Waals surface area (Å²) in [5.41, 5.74) is -0.443. The molecule has 0 aliphatic heterocycles. The van der Waals surface area contributed by atoms with Crippen molar-refractivity contribution in [2.75, 3.05) is 0 Å². The number of hydrogen-bond donors (Lipinski definition) is 0. The molecule has 0 bridgehead atoms. The highest BCUT2D eigenvalue weighted by molar-refractivity contribution is 5.75. The van der Waals surface area contributed by atoms with Crippen molar-refractivity contribution in [2.45, 2.75) is 40.7 Å². The SMILES string of the molecule is C/C=C/C(/C=C/C)OC(=O)C(C)(C)C. The molecule has 0 aliphatic rings. The summed E-state index contributed by atoms with van der Waals surface area (Å²) >= 11 is 0. The Hall–Kier alpha value is -1.05. The minimum atomic E-state index is -0.443. The minimum Gasteiger partial charge on any atom is -0.453 e. The molecule has 0 rings (SSSR count). The maximum absolute atomic E-state index is 11.5. The first kappa shape index (κ1) is 12.9. The van der Waals surface area contributed by atoms with Crippen molar-refractivity contribution in [3.8, 4) is 0 Å². The van der Waals surface area contributed by atoms with Gasteiger partial charge in [-0.05, 0) is 46.8 Å². The van der Waals surface area contributed by atoms with E-state index >= 15 is 0 Å². The summed E-state index contributed by atoms with van der Waals surface area (Å²) in [7, 11) is 0. The third kappa shape index (κ3) is 4.85.